The molecule has 1 atom stereocenters. The highest BCUT2D eigenvalue weighted by Crippen LogP contribution is 2.29. The zero-order valence-corrected chi connectivity index (χ0v) is 8.49. The molecule has 0 bridgehead atoms. The van der Waals surface area contributed by atoms with Crippen LogP contribution in [-0.2, 0) is 0 Å². The lowest BCUT2D eigenvalue weighted by atomic mass is 9.92. The summed E-state index contributed by atoms with van der Waals surface area (Å²) in [6.45, 7) is 0. The number of nitrogens with zero attached hydrogens (tertiary/aromatic N) is 1. The Morgan fingerprint density at radius 1 is 1.33 bits per heavy atom. The summed E-state index contributed by atoms with van der Waals surface area (Å²) in [5.41, 5.74) is 1.54. The van der Waals surface area contributed by atoms with Gasteiger partial charge in [-0.15, -0.1) is 0 Å². The summed E-state index contributed by atoms with van der Waals surface area (Å²) in [5, 5.41) is 9.99. The molecule has 2 rings (SSSR count). The van der Waals surface area contributed by atoms with Crippen molar-refractivity contribution in [3.63, 3.8) is 0 Å². The van der Waals surface area contributed by atoms with Crippen LogP contribution in [0.2, 0.25) is 0 Å². The molecular formula is C12H14FNO. The van der Waals surface area contributed by atoms with E-state index in [0.717, 1.165) is 31.0 Å². The van der Waals surface area contributed by atoms with Crippen molar-refractivity contribution in [1.29, 1.82) is 0 Å². The van der Waals surface area contributed by atoms with Crippen LogP contribution in [0.1, 0.15) is 37.4 Å². The van der Waals surface area contributed by atoms with Crippen molar-refractivity contribution in [2.24, 2.45) is 0 Å². The Bertz CT molecular complexity index is 376. The summed E-state index contributed by atoms with van der Waals surface area (Å²) in [7, 11) is 0. The van der Waals surface area contributed by atoms with E-state index < -0.39 is 11.9 Å². The highest BCUT2D eigenvalue weighted by atomic mass is 19.1. The average molecular weight is 207 g/mol. The van der Waals surface area contributed by atoms with E-state index in [1.54, 1.807) is 0 Å². The molecule has 0 aliphatic heterocycles. The minimum absolute atomic E-state index is 0.400. The molecule has 0 fully saturated rings. The third-order valence-electron chi connectivity index (χ3n) is 2.72. The first-order valence-electron chi connectivity index (χ1n) is 5.25. The SMILES string of the molecule is OC(C1=CCCCC1)c1cncc(F)c1. The van der Waals surface area contributed by atoms with Gasteiger partial charge in [-0.25, -0.2) is 4.39 Å². The first kappa shape index (κ1) is 10.3. The van der Waals surface area contributed by atoms with E-state index in [2.05, 4.69) is 11.1 Å². The molecule has 0 radical (unpaired) electrons. The molecule has 2 nitrogen and oxygen atoms in total. The molecule has 1 aliphatic rings. The summed E-state index contributed by atoms with van der Waals surface area (Å²) in [4.78, 5) is 3.74. The normalized spacial score (nSPS) is 18.4. The van der Waals surface area contributed by atoms with Gasteiger partial charge in [0.25, 0.3) is 0 Å². The van der Waals surface area contributed by atoms with Gasteiger partial charge >= 0.3 is 0 Å². The van der Waals surface area contributed by atoms with Crippen LogP contribution in [0.3, 0.4) is 0 Å². The van der Waals surface area contributed by atoms with E-state index in [-0.39, 0.29) is 0 Å². The first-order valence-corrected chi connectivity index (χ1v) is 5.25. The molecule has 3 heteroatoms. The maximum Gasteiger partial charge on any atom is 0.141 e. The number of allylic oxidation sites excluding steroid dienone is 1. The third kappa shape index (κ3) is 2.42. The lowest BCUT2D eigenvalue weighted by Gasteiger charge is -2.18. The van der Waals surface area contributed by atoms with E-state index in [1.807, 2.05) is 0 Å². The number of aliphatic hydroxyl groups is 1. The van der Waals surface area contributed by atoms with Crippen LogP contribution < -0.4 is 0 Å². The molecule has 1 aliphatic carbocycles. The highest BCUT2D eigenvalue weighted by Gasteiger charge is 2.15. The Kier molecular flexibility index (Phi) is 3.11. The molecule has 0 spiro atoms. The number of aliphatic hydroxyl groups excluding tert-OH is 1. The Morgan fingerprint density at radius 2 is 2.20 bits per heavy atom. The van der Waals surface area contributed by atoms with Gasteiger partial charge in [0, 0.05) is 11.8 Å². The van der Waals surface area contributed by atoms with Gasteiger partial charge in [0.2, 0.25) is 0 Å². The predicted octanol–water partition coefficient (Wildman–Crippen LogP) is 2.75. The minimum atomic E-state index is -0.687. The van der Waals surface area contributed by atoms with Crippen LogP contribution in [0.5, 0.6) is 0 Å². The fourth-order valence-corrected chi connectivity index (χ4v) is 1.90. The van der Waals surface area contributed by atoms with Crippen LogP contribution in [0, 0.1) is 5.82 Å². The predicted molar refractivity (Wildman–Crippen MR) is 55.7 cm³/mol. The summed E-state index contributed by atoms with van der Waals surface area (Å²) in [6.07, 6.45) is 8.22. The molecule has 1 aromatic heterocycles. The van der Waals surface area contributed by atoms with Crippen LogP contribution in [0.15, 0.2) is 30.1 Å². The van der Waals surface area contributed by atoms with Gasteiger partial charge < -0.3 is 5.11 Å². The molecule has 1 unspecified atom stereocenters. The Balaban J connectivity index is 2.19. The van der Waals surface area contributed by atoms with E-state index in [4.69, 9.17) is 0 Å². The summed E-state index contributed by atoms with van der Waals surface area (Å²) in [5.74, 6) is -0.400. The topological polar surface area (TPSA) is 33.1 Å². The first-order chi connectivity index (χ1) is 7.27. The maximum atomic E-state index is 12.9. The smallest absolute Gasteiger partial charge is 0.141 e. The molecule has 1 heterocycles. The summed E-state index contributed by atoms with van der Waals surface area (Å²) in [6, 6.07) is 1.34. The van der Waals surface area contributed by atoms with Crippen molar-refractivity contribution >= 4 is 0 Å². The molecule has 0 saturated heterocycles. The monoisotopic (exact) mass is 207 g/mol. The summed E-state index contributed by atoms with van der Waals surface area (Å²) >= 11 is 0. The Morgan fingerprint density at radius 3 is 2.87 bits per heavy atom. The van der Waals surface area contributed by atoms with Crippen LogP contribution in [-0.4, -0.2) is 10.1 Å². The molecular weight excluding hydrogens is 193 g/mol. The van der Waals surface area contributed by atoms with E-state index in [0.29, 0.717) is 5.56 Å². The van der Waals surface area contributed by atoms with Gasteiger partial charge in [0.05, 0.1) is 6.20 Å². The number of aromatic nitrogens is 1. The van der Waals surface area contributed by atoms with Crippen molar-refractivity contribution in [2.75, 3.05) is 0 Å². The highest BCUT2D eigenvalue weighted by molar-refractivity contribution is 5.24. The van der Waals surface area contributed by atoms with Crippen LogP contribution >= 0.6 is 0 Å². The molecule has 0 aromatic carbocycles. The van der Waals surface area contributed by atoms with Crippen molar-refractivity contribution in [1.82, 2.24) is 4.98 Å². The number of hydrogen-bond acceptors (Lipinski definition) is 2. The number of pyridine rings is 1. The average Bonchev–Trinajstić information content (AvgIpc) is 2.29. The summed E-state index contributed by atoms with van der Waals surface area (Å²) < 4.78 is 12.9. The van der Waals surface area contributed by atoms with Gasteiger partial charge in [0.15, 0.2) is 0 Å². The quantitative estimate of drug-likeness (QED) is 0.756. The second kappa shape index (κ2) is 4.53. The van der Waals surface area contributed by atoms with Gasteiger partial charge in [0.1, 0.15) is 11.9 Å². The molecule has 0 amide bonds. The molecule has 80 valence electrons. The van der Waals surface area contributed by atoms with E-state index in [1.165, 1.54) is 18.7 Å². The molecule has 1 aromatic rings. The van der Waals surface area contributed by atoms with E-state index in [9.17, 15) is 9.50 Å². The molecule has 1 N–H and O–H groups in total. The van der Waals surface area contributed by atoms with Crippen molar-refractivity contribution in [3.05, 3.63) is 41.5 Å². The second-order valence-corrected chi connectivity index (χ2v) is 3.86. The second-order valence-electron chi connectivity index (χ2n) is 3.86. The molecule has 0 saturated carbocycles. The van der Waals surface area contributed by atoms with Crippen molar-refractivity contribution < 1.29 is 9.50 Å². The van der Waals surface area contributed by atoms with E-state index >= 15 is 0 Å². The molecule has 15 heavy (non-hydrogen) atoms. The van der Waals surface area contributed by atoms with Crippen LogP contribution in [0.4, 0.5) is 4.39 Å². The van der Waals surface area contributed by atoms with Gasteiger partial charge in [-0.1, -0.05) is 6.08 Å². The zero-order valence-electron chi connectivity index (χ0n) is 8.49. The van der Waals surface area contributed by atoms with Gasteiger partial charge in [-0.05, 0) is 37.3 Å². The number of halogens is 1. The minimum Gasteiger partial charge on any atom is -0.384 e. The Hall–Kier alpha value is -1.22. The fourth-order valence-electron chi connectivity index (χ4n) is 1.90. The number of hydrogen-bond donors (Lipinski definition) is 1. The van der Waals surface area contributed by atoms with Crippen molar-refractivity contribution in [2.45, 2.75) is 31.8 Å². The zero-order chi connectivity index (χ0) is 10.7. The van der Waals surface area contributed by atoms with Gasteiger partial charge in [-0.3, -0.25) is 4.98 Å². The lowest BCUT2D eigenvalue weighted by Crippen LogP contribution is -2.05. The standard InChI is InChI=1S/C12H14FNO/c13-11-6-10(7-14-8-11)12(15)9-4-2-1-3-5-9/h4,6-8,12,15H,1-3,5H2. The van der Waals surface area contributed by atoms with Crippen molar-refractivity contribution in [3.8, 4) is 0 Å². The third-order valence-corrected chi connectivity index (χ3v) is 2.72. The fraction of sp³-hybridized carbons (Fsp3) is 0.417. The number of rotatable bonds is 2. The maximum absolute atomic E-state index is 12.9. The largest absolute Gasteiger partial charge is 0.384 e. The van der Waals surface area contributed by atoms with Crippen LogP contribution in [0.25, 0.3) is 0 Å². The lowest BCUT2D eigenvalue weighted by molar-refractivity contribution is 0.207. The Labute approximate surface area is 88.5 Å². The van der Waals surface area contributed by atoms with Gasteiger partial charge in [-0.2, -0.15) is 0 Å².